The summed E-state index contributed by atoms with van der Waals surface area (Å²) in [6.07, 6.45) is 0.820. The summed E-state index contributed by atoms with van der Waals surface area (Å²) < 4.78 is 0. The molecule has 1 heterocycles. The van der Waals surface area contributed by atoms with Gasteiger partial charge in [-0.3, -0.25) is 19.8 Å². The maximum Gasteiger partial charge on any atom is 0.271 e. The van der Waals surface area contributed by atoms with Gasteiger partial charge in [0.2, 0.25) is 0 Å². The van der Waals surface area contributed by atoms with Gasteiger partial charge in [-0.2, -0.15) is 5.26 Å². The van der Waals surface area contributed by atoms with Gasteiger partial charge in [-0.05, 0) is 48.4 Å². The number of hydrogen-bond donors (Lipinski definition) is 1. The van der Waals surface area contributed by atoms with Gasteiger partial charge in [0.1, 0.15) is 5.82 Å². The van der Waals surface area contributed by atoms with Gasteiger partial charge in [-0.25, -0.2) is 0 Å². The van der Waals surface area contributed by atoms with Crippen LogP contribution in [-0.2, 0) is 4.79 Å². The number of nitriles is 1. The number of nitro groups is 1. The number of aryl methyl sites for hydroxylation is 2. The van der Waals surface area contributed by atoms with Crippen molar-refractivity contribution >= 4 is 17.2 Å². The van der Waals surface area contributed by atoms with E-state index in [1.54, 1.807) is 11.0 Å². The molecule has 2 atom stereocenters. The predicted molar refractivity (Wildman–Crippen MR) is 142 cm³/mol. The number of Topliss-reactive ketones (excluding diaryl/α,β-unsaturated/α-hetero) is 1. The molecule has 2 aliphatic rings. The molecule has 7 nitrogen and oxygen atoms in total. The van der Waals surface area contributed by atoms with E-state index in [0.29, 0.717) is 29.8 Å². The number of carbonyl (C=O) groups is 1. The van der Waals surface area contributed by atoms with E-state index >= 15 is 0 Å². The molecule has 3 aromatic carbocycles. The second kappa shape index (κ2) is 9.40. The first kappa shape index (κ1) is 24.0. The van der Waals surface area contributed by atoms with Crippen LogP contribution in [0, 0.1) is 35.3 Å². The van der Waals surface area contributed by atoms with E-state index in [9.17, 15) is 20.2 Å². The smallest absolute Gasteiger partial charge is 0.271 e. The first-order valence-electron chi connectivity index (χ1n) is 12.1. The van der Waals surface area contributed by atoms with Gasteiger partial charge in [0.25, 0.3) is 5.69 Å². The minimum Gasteiger partial charge on any atom is -0.384 e. The number of carbonyl (C=O) groups excluding carboxylic acids is 1. The zero-order valence-electron chi connectivity index (χ0n) is 20.6. The normalized spacial score (nSPS) is 19.5. The highest BCUT2D eigenvalue weighted by Crippen LogP contribution is 2.50. The van der Waals surface area contributed by atoms with Crippen LogP contribution < -0.4 is 10.6 Å². The summed E-state index contributed by atoms with van der Waals surface area (Å²) >= 11 is 0. The van der Waals surface area contributed by atoms with E-state index in [2.05, 4.69) is 6.07 Å². The van der Waals surface area contributed by atoms with Crippen LogP contribution in [0.2, 0.25) is 0 Å². The molecular formula is C30H26N4O3. The molecule has 0 unspecified atom stereocenters. The largest absolute Gasteiger partial charge is 0.384 e. The summed E-state index contributed by atoms with van der Waals surface area (Å²) in [4.78, 5) is 26.8. The highest BCUT2D eigenvalue weighted by molar-refractivity contribution is 6.02. The third-order valence-electron chi connectivity index (χ3n) is 7.38. The van der Waals surface area contributed by atoms with Crippen molar-refractivity contribution in [3.05, 3.63) is 128 Å². The zero-order chi connectivity index (χ0) is 26.3. The Bertz CT molecular complexity index is 1530. The van der Waals surface area contributed by atoms with Crippen LogP contribution in [0.15, 0.2) is 95.5 Å². The van der Waals surface area contributed by atoms with Crippen LogP contribution in [0.4, 0.5) is 11.4 Å². The van der Waals surface area contributed by atoms with Crippen molar-refractivity contribution in [1.82, 2.24) is 0 Å². The van der Waals surface area contributed by atoms with Crippen molar-refractivity contribution < 1.29 is 9.72 Å². The van der Waals surface area contributed by atoms with Crippen molar-refractivity contribution in [2.24, 2.45) is 5.73 Å². The second-order valence-corrected chi connectivity index (χ2v) is 9.56. The molecule has 0 radical (unpaired) electrons. The molecule has 2 N–H and O–H groups in total. The zero-order valence-corrected chi connectivity index (χ0v) is 20.6. The van der Waals surface area contributed by atoms with Crippen LogP contribution in [0.5, 0.6) is 0 Å². The Balaban J connectivity index is 1.78. The summed E-state index contributed by atoms with van der Waals surface area (Å²) in [6, 6.07) is 24.4. The molecule has 5 rings (SSSR count). The first-order chi connectivity index (χ1) is 17.8. The number of nitro benzene ring substituents is 1. The van der Waals surface area contributed by atoms with Crippen molar-refractivity contribution in [3.63, 3.8) is 0 Å². The molecule has 37 heavy (non-hydrogen) atoms. The molecule has 1 aliphatic heterocycles. The molecule has 0 fully saturated rings. The van der Waals surface area contributed by atoms with E-state index in [1.165, 1.54) is 12.1 Å². The van der Waals surface area contributed by atoms with Gasteiger partial charge in [-0.1, -0.05) is 60.7 Å². The Morgan fingerprint density at radius 3 is 2.38 bits per heavy atom. The average Bonchev–Trinajstić information content (AvgIpc) is 2.89. The quantitative estimate of drug-likeness (QED) is 0.359. The first-order valence-corrected chi connectivity index (χ1v) is 12.1. The number of non-ortho nitro benzene ring substituents is 1. The number of nitrogens with zero attached hydrogens (tertiary/aromatic N) is 3. The number of ketones is 1. The molecule has 0 bridgehead atoms. The monoisotopic (exact) mass is 490 g/mol. The minimum atomic E-state index is -0.597. The van der Waals surface area contributed by atoms with Gasteiger partial charge >= 0.3 is 0 Å². The van der Waals surface area contributed by atoms with E-state index in [4.69, 9.17) is 5.73 Å². The van der Waals surface area contributed by atoms with E-state index in [0.717, 1.165) is 22.3 Å². The topological polar surface area (TPSA) is 113 Å². The summed E-state index contributed by atoms with van der Waals surface area (Å²) in [6.45, 7) is 3.79. The second-order valence-electron chi connectivity index (χ2n) is 9.56. The fourth-order valence-corrected chi connectivity index (χ4v) is 5.54. The Morgan fingerprint density at radius 1 is 1.00 bits per heavy atom. The molecular weight excluding hydrogens is 464 g/mol. The standard InChI is InChI=1S/C30H26N4O3/c1-18-8-6-7-11-23(18)28-24(17-31)30(32)33(25-16-22(34(36)37)13-12-19(25)2)26-14-21(15-27(35)29(26)28)20-9-4-3-5-10-20/h3-13,16,21,28H,14-15,32H2,1-2H3/t21-,28-/m1/s1. The van der Waals surface area contributed by atoms with Gasteiger partial charge < -0.3 is 5.73 Å². The molecule has 0 amide bonds. The number of benzene rings is 3. The Labute approximate surface area is 215 Å². The highest BCUT2D eigenvalue weighted by atomic mass is 16.6. The van der Waals surface area contributed by atoms with Crippen LogP contribution in [0.3, 0.4) is 0 Å². The molecule has 1 aliphatic carbocycles. The maximum absolute atomic E-state index is 13.9. The number of rotatable bonds is 4. The lowest BCUT2D eigenvalue weighted by molar-refractivity contribution is -0.384. The highest BCUT2D eigenvalue weighted by Gasteiger charge is 2.43. The van der Waals surface area contributed by atoms with Gasteiger partial charge in [-0.15, -0.1) is 0 Å². The molecule has 0 saturated carbocycles. The minimum absolute atomic E-state index is 0.0447. The van der Waals surface area contributed by atoms with E-state index in [-0.39, 0.29) is 28.8 Å². The van der Waals surface area contributed by atoms with Crippen molar-refractivity contribution in [2.45, 2.75) is 38.5 Å². The van der Waals surface area contributed by atoms with Crippen LogP contribution in [0.25, 0.3) is 0 Å². The van der Waals surface area contributed by atoms with Gasteiger partial charge in [0, 0.05) is 29.8 Å². The van der Waals surface area contributed by atoms with Gasteiger partial charge in [0.15, 0.2) is 5.78 Å². The molecule has 184 valence electrons. The Hall–Kier alpha value is -4.70. The molecule has 0 saturated heterocycles. The maximum atomic E-state index is 13.9. The fourth-order valence-electron chi connectivity index (χ4n) is 5.54. The van der Waals surface area contributed by atoms with Gasteiger partial charge in [0.05, 0.1) is 28.2 Å². The summed E-state index contributed by atoms with van der Waals surface area (Å²) in [5.41, 5.74) is 12.3. The number of hydrogen-bond acceptors (Lipinski definition) is 6. The Kier molecular flexibility index (Phi) is 6.10. The molecule has 3 aromatic rings. The number of anilines is 1. The summed E-state index contributed by atoms with van der Waals surface area (Å²) in [7, 11) is 0. The lowest BCUT2D eigenvalue weighted by Gasteiger charge is -2.42. The van der Waals surface area contributed by atoms with Crippen molar-refractivity contribution in [2.75, 3.05) is 4.90 Å². The molecule has 0 spiro atoms. The third-order valence-corrected chi connectivity index (χ3v) is 7.38. The summed E-state index contributed by atoms with van der Waals surface area (Å²) in [5, 5.41) is 21.9. The van der Waals surface area contributed by atoms with E-state index in [1.807, 2.05) is 68.4 Å². The van der Waals surface area contributed by atoms with Crippen molar-refractivity contribution in [1.29, 1.82) is 5.26 Å². The van der Waals surface area contributed by atoms with Crippen LogP contribution in [-0.4, -0.2) is 10.7 Å². The molecule has 7 heteroatoms. The Morgan fingerprint density at radius 2 is 1.70 bits per heavy atom. The predicted octanol–water partition coefficient (Wildman–Crippen LogP) is 5.91. The number of nitrogens with two attached hydrogens (primary N) is 1. The fraction of sp³-hybridized carbons (Fsp3) is 0.200. The lowest BCUT2D eigenvalue weighted by Crippen LogP contribution is -2.40. The summed E-state index contributed by atoms with van der Waals surface area (Å²) in [5.74, 6) is -0.528. The lowest BCUT2D eigenvalue weighted by atomic mass is 9.71. The third kappa shape index (κ3) is 4.07. The van der Waals surface area contributed by atoms with Crippen molar-refractivity contribution in [3.8, 4) is 6.07 Å². The van der Waals surface area contributed by atoms with E-state index < -0.39 is 10.8 Å². The number of allylic oxidation sites excluding steroid dienone is 3. The SMILES string of the molecule is Cc1ccccc1[C@@H]1C(C#N)=C(N)N(c2cc([N+](=O)[O-])ccc2C)C2=C1C(=O)C[C@H](c1ccccc1)C2. The van der Waals surface area contributed by atoms with Crippen LogP contribution in [0.1, 0.15) is 46.9 Å². The van der Waals surface area contributed by atoms with Crippen LogP contribution >= 0.6 is 0 Å². The average molecular weight is 491 g/mol. The molecule has 0 aromatic heterocycles.